The standard InChI is InChI=1S/C12H15NO3/c1-3-13-12(15)9(2)16-11-6-4-10(8-14)5-7-11/h4-9H,3H2,1-2H3,(H,13,15). The van der Waals surface area contributed by atoms with Gasteiger partial charge in [0.15, 0.2) is 6.10 Å². The number of hydrogen-bond donors (Lipinski definition) is 1. The first-order valence-corrected chi connectivity index (χ1v) is 5.17. The van der Waals surface area contributed by atoms with Crippen LogP contribution in [0.1, 0.15) is 24.2 Å². The Morgan fingerprint density at radius 3 is 2.56 bits per heavy atom. The van der Waals surface area contributed by atoms with Crippen molar-refractivity contribution in [2.45, 2.75) is 20.0 Å². The molecule has 0 saturated heterocycles. The Labute approximate surface area is 94.6 Å². The van der Waals surface area contributed by atoms with Crippen LogP contribution in [-0.2, 0) is 4.79 Å². The molecule has 16 heavy (non-hydrogen) atoms. The van der Waals surface area contributed by atoms with E-state index >= 15 is 0 Å². The van der Waals surface area contributed by atoms with Gasteiger partial charge in [0.05, 0.1) is 0 Å². The van der Waals surface area contributed by atoms with E-state index in [0.29, 0.717) is 17.9 Å². The molecule has 0 aromatic heterocycles. The van der Waals surface area contributed by atoms with Gasteiger partial charge in [-0.25, -0.2) is 0 Å². The number of likely N-dealkylation sites (N-methyl/N-ethyl adjacent to an activating group) is 1. The van der Waals surface area contributed by atoms with Crippen molar-refractivity contribution >= 4 is 12.2 Å². The van der Waals surface area contributed by atoms with Crippen molar-refractivity contribution in [2.75, 3.05) is 6.54 Å². The van der Waals surface area contributed by atoms with E-state index < -0.39 is 6.10 Å². The Morgan fingerprint density at radius 2 is 2.06 bits per heavy atom. The summed E-state index contributed by atoms with van der Waals surface area (Å²) in [6.45, 7) is 4.11. The predicted octanol–water partition coefficient (Wildman–Crippen LogP) is 1.40. The molecule has 1 atom stereocenters. The molecule has 1 rings (SSSR count). The van der Waals surface area contributed by atoms with Crippen LogP contribution in [-0.4, -0.2) is 24.8 Å². The lowest BCUT2D eigenvalue weighted by Gasteiger charge is -2.13. The van der Waals surface area contributed by atoms with Crippen LogP contribution in [0.15, 0.2) is 24.3 Å². The molecule has 1 N–H and O–H groups in total. The zero-order valence-electron chi connectivity index (χ0n) is 9.40. The van der Waals surface area contributed by atoms with Crippen LogP contribution in [0.5, 0.6) is 5.75 Å². The summed E-state index contributed by atoms with van der Waals surface area (Å²) >= 11 is 0. The Hall–Kier alpha value is -1.84. The maximum Gasteiger partial charge on any atom is 0.260 e. The number of benzene rings is 1. The van der Waals surface area contributed by atoms with Crippen LogP contribution >= 0.6 is 0 Å². The molecule has 0 bridgehead atoms. The topological polar surface area (TPSA) is 55.4 Å². The molecule has 0 heterocycles. The highest BCUT2D eigenvalue weighted by Crippen LogP contribution is 2.12. The fourth-order valence-corrected chi connectivity index (χ4v) is 1.20. The van der Waals surface area contributed by atoms with Gasteiger partial charge in [-0.05, 0) is 38.1 Å². The highest BCUT2D eigenvalue weighted by Gasteiger charge is 2.12. The number of carbonyl (C=O) groups excluding carboxylic acids is 2. The smallest absolute Gasteiger partial charge is 0.260 e. The van der Waals surface area contributed by atoms with E-state index in [9.17, 15) is 9.59 Å². The van der Waals surface area contributed by atoms with Gasteiger partial charge in [0.2, 0.25) is 0 Å². The third kappa shape index (κ3) is 3.38. The summed E-state index contributed by atoms with van der Waals surface area (Å²) in [4.78, 5) is 21.8. The lowest BCUT2D eigenvalue weighted by atomic mass is 10.2. The molecule has 1 aromatic carbocycles. The number of nitrogens with one attached hydrogen (secondary N) is 1. The molecule has 86 valence electrons. The van der Waals surface area contributed by atoms with Gasteiger partial charge in [-0.15, -0.1) is 0 Å². The number of rotatable bonds is 5. The van der Waals surface area contributed by atoms with Crippen molar-refractivity contribution in [1.29, 1.82) is 0 Å². The normalized spacial score (nSPS) is 11.6. The van der Waals surface area contributed by atoms with Gasteiger partial charge in [-0.1, -0.05) is 0 Å². The van der Waals surface area contributed by atoms with Gasteiger partial charge in [0, 0.05) is 12.1 Å². The van der Waals surface area contributed by atoms with Gasteiger partial charge in [0.1, 0.15) is 12.0 Å². The Bertz CT molecular complexity index is 359. The number of carbonyl (C=O) groups is 2. The molecule has 4 heteroatoms. The number of amides is 1. The van der Waals surface area contributed by atoms with Crippen molar-refractivity contribution in [3.63, 3.8) is 0 Å². The van der Waals surface area contributed by atoms with Crippen LogP contribution in [0.25, 0.3) is 0 Å². The molecule has 0 saturated carbocycles. The molecule has 0 spiro atoms. The minimum Gasteiger partial charge on any atom is -0.481 e. The third-order valence-electron chi connectivity index (χ3n) is 2.05. The lowest BCUT2D eigenvalue weighted by molar-refractivity contribution is -0.127. The summed E-state index contributed by atoms with van der Waals surface area (Å²) in [7, 11) is 0. The van der Waals surface area contributed by atoms with Gasteiger partial charge < -0.3 is 10.1 Å². The summed E-state index contributed by atoms with van der Waals surface area (Å²) in [5.41, 5.74) is 0.581. The third-order valence-corrected chi connectivity index (χ3v) is 2.05. The Morgan fingerprint density at radius 1 is 1.44 bits per heavy atom. The lowest BCUT2D eigenvalue weighted by Crippen LogP contribution is -2.36. The van der Waals surface area contributed by atoms with E-state index in [2.05, 4.69) is 5.32 Å². The fraction of sp³-hybridized carbons (Fsp3) is 0.333. The number of ether oxygens (including phenoxy) is 1. The van der Waals surface area contributed by atoms with Crippen LogP contribution < -0.4 is 10.1 Å². The monoisotopic (exact) mass is 221 g/mol. The summed E-state index contributed by atoms with van der Waals surface area (Å²) in [5, 5.41) is 2.67. The SMILES string of the molecule is CCNC(=O)C(C)Oc1ccc(C=O)cc1. The van der Waals surface area contributed by atoms with Crippen LogP contribution in [0, 0.1) is 0 Å². The maximum atomic E-state index is 11.4. The minimum atomic E-state index is -0.540. The predicted molar refractivity (Wildman–Crippen MR) is 60.6 cm³/mol. The van der Waals surface area contributed by atoms with Crippen molar-refractivity contribution in [3.8, 4) is 5.75 Å². The molecule has 0 fully saturated rings. The summed E-state index contributed by atoms with van der Waals surface area (Å²) in [6, 6.07) is 6.62. The molecule has 0 aliphatic carbocycles. The Balaban J connectivity index is 2.58. The van der Waals surface area contributed by atoms with Crippen molar-refractivity contribution < 1.29 is 14.3 Å². The van der Waals surface area contributed by atoms with Gasteiger partial charge in [0.25, 0.3) is 5.91 Å². The average molecular weight is 221 g/mol. The van der Waals surface area contributed by atoms with E-state index in [-0.39, 0.29) is 5.91 Å². The maximum absolute atomic E-state index is 11.4. The van der Waals surface area contributed by atoms with E-state index in [1.165, 1.54) is 0 Å². The van der Waals surface area contributed by atoms with Crippen molar-refractivity contribution in [3.05, 3.63) is 29.8 Å². The molecule has 4 nitrogen and oxygen atoms in total. The fourth-order valence-electron chi connectivity index (χ4n) is 1.20. The summed E-state index contributed by atoms with van der Waals surface area (Å²) < 4.78 is 5.40. The van der Waals surface area contributed by atoms with Crippen LogP contribution in [0.3, 0.4) is 0 Å². The molecule has 1 unspecified atom stereocenters. The second kappa shape index (κ2) is 5.90. The second-order valence-corrected chi connectivity index (χ2v) is 3.34. The molecular formula is C12H15NO3. The highest BCUT2D eigenvalue weighted by atomic mass is 16.5. The first-order chi connectivity index (χ1) is 7.67. The van der Waals surface area contributed by atoms with Gasteiger partial charge in [-0.2, -0.15) is 0 Å². The molecule has 0 radical (unpaired) electrons. The molecule has 1 aromatic rings. The van der Waals surface area contributed by atoms with Crippen molar-refractivity contribution in [1.82, 2.24) is 5.32 Å². The number of aldehydes is 1. The molecular weight excluding hydrogens is 206 g/mol. The summed E-state index contributed by atoms with van der Waals surface area (Å²) in [6.07, 6.45) is 0.221. The minimum absolute atomic E-state index is 0.151. The largest absolute Gasteiger partial charge is 0.481 e. The highest BCUT2D eigenvalue weighted by molar-refractivity contribution is 5.80. The van der Waals surface area contributed by atoms with Crippen molar-refractivity contribution in [2.24, 2.45) is 0 Å². The first kappa shape index (κ1) is 12.2. The van der Waals surface area contributed by atoms with Gasteiger partial charge in [-0.3, -0.25) is 9.59 Å². The molecule has 0 aliphatic rings. The summed E-state index contributed by atoms with van der Waals surface area (Å²) in [5.74, 6) is 0.423. The zero-order chi connectivity index (χ0) is 12.0. The molecule has 0 aliphatic heterocycles. The van der Waals surface area contributed by atoms with Crippen LogP contribution in [0.2, 0.25) is 0 Å². The average Bonchev–Trinajstić information content (AvgIpc) is 2.30. The quantitative estimate of drug-likeness (QED) is 0.765. The van der Waals surface area contributed by atoms with Gasteiger partial charge >= 0.3 is 0 Å². The number of hydrogen-bond acceptors (Lipinski definition) is 3. The van der Waals surface area contributed by atoms with E-state index in [4.69, 9.17) is 4.74 Å². The second-order valence-electron chi connectivity index (χ2n) is 3.34. The molecule has 1 amide bonds. The van der Waals surface area contributed by atoms with E-state index in [1.54, 1.807) is 31.2 Å². The first-order valence-electron chi connectivity index (χ1n) is 5.17. The van der Waals surface area contributed by atoms with Crippen LogP contribution in [0.4, 0.5) is 0 Å². The Kier molecular flexibility index (Phi) is 4.51. The van der Waals surface area contributed by atoms with E-state index in [0.717, 1.165) is 6.29 Å². The zero-order valence-corrected chi connectivity index (χ0v) is 9.40. The van der Waals surface area contributed by atoms with E-state index in [1.807, 2.05) is 6.92 Å².